The summed E-state index contributed by atoms with van der Waals surface area (Å²) in [5, 5.41) is 3.11. The molecule has 2 unspecified atom stereocenters. The van der Waals surface area contributed by atoms with Crippen LogP contribution >= 0.6 is 15.9 Å². The van der Waals surface area contributed by atoms with Crippen molar-refractivity contribution in [1.29, 1.82) is 0 Å². The van der Waals surface area contributed by atoms with Gasteiger partial charge in [-0.05, 0) is 43.7 Å². The molecule has 1 aromatic rings. The summed E-state index contributed by atoms with van der Waals surface area (Å²) >= 11 is 3.74. The highest BCUT2D eigenvalue weighted by Gasteiger charge is 2.23. The van der Waals surface area contributed by atoms with E-state index in [2.05, 4.69) is 21.2 Å². The van der Waals surface area contributed by atoms with Crippen molar-refractivity contribution in [3.8, 4) is 0 Å². The van der Waals surface area contributed by atoms with Crippen LogP contribution in [0.15, 0.2) is 18.2 Å². The van der Waals surface area contributed by atoms with Crippen LogP contribution in [0.1, 0.15) is 47.2 Å². The summed E-state index contributed by atoms with van der Waals surface area (Å²) in [7, 11) is 0. The Hall–Kier alpha value is -0.830. The number of aryl methyl sites for hydroxylation is 2. The molecule has 1 aliphatic carbocycles. The summed E-state index contributed by atoms with van der Waals surface area (Å²) in [5.41, 5.74) is 2.94. The fraction of sp³-hybridized carbons (Fsp3) is 0.562. The molecule has 0 heterocycles. The van der Waals surface area contributed by atoms with Gasteiger partial charge in [0, 0.05) is 16.9 Å². The molecule has 1 fully saturated rings. The number of alkyl halides is 1. The molecule has 1 aromatic carbocycles. The zero-order chi connectivity index (χ0) is 13.8. The van der Waals surface area contributed by atoms with Crippen LogP contribution in [0.2, 0.25) is 0 Å². The van der Waals surface area contributed by atoms with E-state index in [0.29, 0.717) is 10.7 Å². The van der Waals surface area contributed by atoms with E-state index in [1.165, 1.54) is 25.7 Å². The predicted molar refractivity (Wildman–Crippen MR) is 82.9 cm³/mol. The van der Waals surface area contributed by atoms with Crippen LogP contribution in [-0.2, 0) is 0 Å². The molecule has 0 radical (unpaired) electrons. The molecular weight excluding hydrogens is 302 g/mol. The second-order valence-electron chi connectivity index (χ2n) is 5.54. The lowest BCUT2D eigenvalue weighted by atomic mass is 9.89. The Balaban J connectivity index is 1.97. The van der Waals surface area contributed by atoms with Gasteiger partial charge in [-0.1, -0.05) is 47.0 Å². The molecule has 1 N–H and O–H groups in total. The molecule has 1 amide bonds. The molecule has 1 aliphatic rings. The minimum atomic E-state index is 0.0703. The van der Waals surface area contributed by atoms with Gasteiger partial charge >= 0.3 is 0 Å². The molecule has 0 aromatic heterocycles. The number of hydrogen-bond donors (Lipinski definition) is 1. The number of carbonyl (C=O) groups excluding carboxylic acids is 1. The van der Waals surface area contributed by atoms with Gasteiger partial charge in [0.15, 0.2) is 0 Å². The third-order valence-electron chi connectivity index (χ3n) is 4.05. The van der Waals surface area contributed by atoms with Crippen molar-refractivity contribution < 1.29 is 4.79 Å². The lowest BCUT2D eigenvalue weighted by Gasteiger charge is -2.27. The SMILES string of the molecule is Cc1cccc(C)c1C(=O)NCC1CCCCC1Br. The van der Waals surface area contributed by atoms with Crippen LogP contribution in [0.3, 0.4) is 0 Å². The third-order valence-corrected chi connectivity index (χ3v) is 5.25. The molecule has 0 spiro atoms. The van der Waals surface area contributed by atoms with Crippen LogP contribution < -0.4 is 5.32 Å². The number of amides is 1. The molecular formula is C16H22BrNO. The summed E-state index contributed by atoms with van der Waals surface area (Å²) < 4.78 is 0. The quantitative estimate of drug-likeness (QED) is 0.837. The maximum Gasteiger partial charge on any atom is 0.251 e. The Labute approximate surface area is 124 Å². The first-order chi connectivity index (χ1) is 9.09. The van der Waals surface area contributed by atoms with E-state index in [-0.39, 0.29) is 5.91 Å². The van der Waals surface area contributed by atoms with Gasteiger partial charge in [-0.15, -0.1) is 0 Å². The summed E-state index contributed by atoms with van der Waals surface area (Å²) in [5.74, 6) is 0.642. The molecule has 2 atom stereocenters. The highest BCUT2D eigenvalue weighted by atomic mass is 79.9. The monoisotopic (exact) mass is 323 g/mol. The fourth-order valence-corrected chi connectivity index (χ4v) is 3.65. The Bertz CT molecular complexity index is 438. The van der Waals surface area contributed by atoms with E-state index in [1.807, 2.05) is 32.0 Å². The van der Waals surface area contributed by atoms with Gasteiger partial charge in [-0.2, -0.15) is 0 Å². The third kappa shape index (κ3) is 3.59. The summed E-state index contributed by atoms with van der Waals surface area (Å²) in [6.07, 6.45) is 5.02. The zero-order valence-corrected chi connectivity index (χ0v) is 13.3. The first kappa shape index (κ1) is 14.6. The Morgan fingerprint density at radius 1 is 1.26 bits per heavy atom. The lowest BCUT2D eigenvalue weighted by Crippen LogP contribution is -2.35. The number of benzene rings is 1. The fourth-order valence-electron chi connectivity index (χ4n) is 2.88. The van der Waals surface area contributed by atoms with Crippen LogP contribution in [0.25, 0.3) is 0 Å². The molecule has 2 rings (SSSR count). The number of rotatable bonds is 3. The van der Waals surface area contributed by atoms with Gasteiger partial charge in [0.2, 0.25) is 0 Å². The molecule has 1 saturated carbocycles. The molecule has 0 aliphatic heterocycles. The minimum Gasteiger partial charge on any atom is -0.352 e. The Morgan fingerprint density at radius 3 is 2.53 bits per heavy atom. The molecule has 0 saturated heterocycles. The van der Waals surface area contributed by atoms with E-state index >= 15 is 0 Å². The average molecular weight is 324 g/mol. The van der Waals surface area contributed by atoms with Crippen LogP contribution in [0.5, 0.6) is 0 Å². The van der Waals surface area contributed by atoms with E-state index in [0.717, 1.165) is 23.2 Å². The molecule has 104 valence electrons. The summed E-state index contributed by atoms with van der Waals surface area (Å²) in [6, 6.07) is 5.99. The largest absolute Gasteiger partial charge is 0.352 e. The van der Waals surface area contributed by atoms with Crippen molar-refractivity contribution in [2.75, 3.05) is 6.54 Å². The smallest absolute Gasteiger partial charge is 0.251 e. The lowest BCUT2D eigenvalue weighted by molar-refractivity contribution is 0.0943. The van der Waals surface area contributed by atoms with Gasteiger partial charge in [0.1, 0.15) is 0 Å². The van der Waals surface area contributed by atoms with E-state index in [4.69, 9.17) is 0 Å². The van der Waals surface area contributed by atoms with E-state index < -0.39 is 0 Å². The normalized spacial score (nSPS) is 23.1. The Morgan fingerprint density at radius 2 is 1.89 bits per heavy atom. The van der Waals surface area contributed by atoms with Gasteiger partial charge < -0.3 is 5.32 Å². The summed E-state index contributed by atoms with van der Waals surface area (Å²) in [6.45, 7) is 4.77. The van der Waals surface area contributed by atoms with Crippen LogP contribution in [-0.4, -0.2) is 17.3 Å². The topological polar surface area (TPSA) is 29.1 Å². The second kappa shape index (κ2) is 6.56. The molecule has 3 heteroatoms. The van der Waals surface area contributed by atoms with Crippen molar-refractivity contribution in [2.24, 2.45) is 5.92 Å². The predicted octanol–water partition coefficient (Wildman–Crippen LogP) is 3.99. The van der Waals surface area contributed by atoms with Crippen molar-refractivity contribution in [1.82, 2.24) is 5.32 Å². The number of halogens is 1. The maximum absolute atomic E-state index is 12.3. The molecule has 19 heavy (non-hydrogen) atoms. The van der Waals surface area contributed by atoms with Gasteiger partial charge in [0.25, 0.3) is 5.91 Å². The second-order valence-corrected chi connectivity index (χ2v) is 6.71. The number of carbonyl (C=O) groups is 1. The van der Waals surface area contributed by atoms with Crippen molar-refractivity contribution in [3.63, 3.8) is 0 Å². The first-order valence-electron chi connectivity index (χ1n) is 7.08. The average Bonchev–Trinajstić information content (AvgIpc) is 2.37. The maximum atomic E-state index is 12.3. The standard InChI is InChI=1S/C16H22BrNO/c1-11-6-5-7-12(2)15(11)16(19)18-10-13-8-3-4-9-14(13)17/h5-7,13-14H,3-4,8-10H2,1-2H3,(H,18,19). The number of nitrogens with one attached hydrogen (secondary N) is 1. The van der Waals surface area contributed by atoms with Gasteiger partial charge in [-0.25, -0.2) is 0 Å². The highest BCUT2D eigenvalue weighted by Crippen LogP contribution is 2.29. The zero-order valence-electron chi connectivity index (χ0n) is 11.7. The highest BCUT2D eigenvalue weighted by molar-refractivity contribution is 9.09. The van der Waals surface area contributed by atoms with Crippen molar-refractivity contribution >= 4 is 21.8 Å². The van der Waals surface area contributed by atoms with E-state index in [9.17, 15) is 4.79 Å². The van der Waals surface area contributed by atoms with Crippen LogP contribution in [0.4, 0.5) is 0 Å². The minimum absolute atomic E-state index is 0.0703. The van der Waals surface area contributed by atoms with E-state index in [1.54, 1.807) is 0 Å². The summed E-state index contributed by atoms with van der Waals surface area (Å²) in [4.78, 5) is 12.9. The van der Waals surface area contributed by atoms with Gasteiger partial charge in [0.05, 0.1) is 0 Å². The van der Waals surface area contributed by atoms with Crippen molar-refractivity contribution in [3.05, 3.63) is 34.9 Å². The Kier molecular flexibility index (Phi) is 5.03. The molecule has 0 bridgehead atoms. The molecule has 2 nitrogen and oxygen atoms in total. The first-order valence-corrected chi connectivity index (χ1v) is 7.99. The van der Waals surface area contributed by atoms with Crippen LogP contribution in [0, 0.1) is 19.8 Å². The number of hydrogen-bond acceptors (Lipinski definition) is 1. The van der Waals surface area contributed by atoms with Gasteiger partial charge in [-0.3, -0.25) is 4.79 Å². The van der Waals surface area contributed by atoms with Crippen molar-refractivity contribution in [2.45, 2.75) is 44.4 Å².